The zero-order chi connectivity index (χ0) is 13.7. The normalized spacial score (nSPS) is 10.9. The van der Waals surface area contributed by atoms with Crippen molar-refractivity contribution in [1.29, 1.82) is 0 Å². The Morgan fingerprint density at radius 3 is 2.79 bits per heavy atom. The van der Waals surface area contributed by atoms with Crippen LogP contribution in [0.5, 0.6) is 0 Å². The molecule has 0 unspecified atom stereocenters. The van der Waals surface area contributed by atoms with Gasteiger partial charge in [0.25, 0.3) is 0 Å². The summed E-state index contributed by atoms with van der Waals surface area (Å²) in [5, 5.41) is 5.78. The Morgan fingerprint density at radius 1 is 1.21 bits per heavy atom. The number of halogens is 1. The lowest BCUT2D eigenvalue weighted by Crippen LogP contribution is -2.32. The smallest absolute Gasteiger partial charge is 0.136 e. The SMILES string of the molecule is CCNCCN(CC)c1nccc2c(Br)cccc12. The molecule has 102 valence electrons. The van der Waals surface area contributed by atoms with E-state index in [1.807, 2.05) is 6.20 Å². The molecule has 3 nitrogen and oxygen atoms in total. The average molecular weight is 322 g/mol. The first-order valence-electron chi connectivity index (χ1n) is 6.76. The average Bonchev–Trinajstić information content (AvgIpc) is 2.44. The molecule has 0 fully saturated rings. The number of fused-ring (bicyclic) bond motifs is 1. The van der Waals surface area contributed by atoms with E-state index >= 15 is 0 Å². The van der Waals surface area contributed by atoms with Crippen molar-refractivity contribution in [2.24, 2.45) is 0 Å². The molecule has 0 amide bonds. The second kappa shape index (κ2) is 6.87. The first kappa shape index (κ1) is 14.3. The van der Waals surface area contributed by atoms with Crippen LogP contribution in [0.3, 0.4) is 0 Å². The Morgan fingerprint density at radius 2 is 2.05 bits per heavy atom. The van der Waals surface area contributed by atoms with E-state index in [4.69, 9.17) is 0 Å². The highest BCUT2D eigenvalue weighted by molar-refractivity contribution is 9.10. The maximum absolute atomic E-state index is 4.58. The van der Waals surface area contributed by atoms with Gasteiger partial charge >= 0.3 is 0 Å². The van der Waals surface area contributed by atoms with Gasteiger partial charge in [-0.25, -0.2) is 4.98 Å². The van der Waals surface area contributed by atoms with Crippen LogP contribution in [0.1, 0.15) is 13.8 Å². The minimum atomic E-state index is 0.962. The Labute approximate surface area is 123 Å². The predicted octanol–water partition coefficient (Wildman–Crippen LogP) is 3.43. The zero-order valence-electron chi connectivity index (χ0n) is 11.5. The van der Waals surface area contributed by atoms with E-state index in [2.05, 4.69) is 69.2 Å². The second-order valence-electron chi connectivity index (χ2n) is 4.40. The molecule has 1 N–H and O–H groups in total. The molecule has 0 saturated heterocycles. The van der Waals surface area contributed by atoms with Crippen molar-refractivity contribution in [3.8, 4) is 0 Å². The molecule has 1 aromatic heterocycles. The highest BCUT2D eigenvalue weighted by Gasteiger charge is 2.10. The third-order valence-corrected chi connectivity index (χ3v) is 3.91. The molecule has 4 heteroatoms. The van der Waals surface area contributed by atoms with E-state index < -0.39 is 0 Å². The minimum Gasteiger partial charge on any atom is -0.355 e. The van der Waals surface area contributed by atoms with Crippen LogP contribution in [0.4, 0.5) is 5.82 Å². The molecule has 0 radical (unpaired) electrons. The van der Waals surface area contributed by atoms with E-state index in [9.17, 15) is 0 Å². The predicted molar refractivity (Wildman–Crippen MR) is 85.9 cm³/mol. The highest BCUT2D eigenvalue weighted by atomic mass is 79.9. The van der Waals surface area contributed by atoms with Gasteiger partial charge in [-0.3, -0.25) is 0 Å². The number of benzene rings is 1. The van der Waals surface area contributed by atoms with Crippen LogP contribution in [-0.2, 0) is 0 Å². The molecule has 2 aromatic rings. The van der Waals surface area contributed by atoms with Crippen LogP contribution in [0.15, 0.2) is 34.9 Å². The summed E-state index contributed by atoms with van der Waals surface area (Å²) < 4.78 is 1.12. The summed E-state index contributed by atoms with van der Waals surface area (Å²) >= 11 is 3.61. The molecule has 0 aliphatic heterocycles. The number of nitrogens with zero attached hydrogens (tertiary/aromatic N) is 2. The van der Waals surface area contributed by atoms with Gasteiger partial charge in [-0.05, 0) is 25.6 Å². The minimum absolute atomic E-state index is 0.962. The molecule has 1 aromatic carbocycles. The van der Waals surface area contributed by atoms with E-state index in [1.54, 1.807) is 0 Å². The maximum atomic E-state index is 4.58. The van der Waals surface area contributed by atoms with Crippen LogP contribution < -0.4 is 10.2 Å². The van der Waals surface area contributed by atoms with Gasteiger partial charge in [-0.15, -0.1) is 0 Å². The second-order valence-corrected chi connectivity index (χ2v) is 5.26. The van der Waals surface area contributed by atoms with E-state index in [0.29, 0.717) is 0 Å². The first-order chi connectivity index (χ1) is 9.27. The Kier molecular flexibility index (Phi) is 5.16. The van der Waals surface area contributed by atoms with Crippen LogP contribution >= 0.6 is 15.9 Å². The van der Waals surface area contributed by atoms with E-state index in [0.717, 1.165) is 36.5 Å². The topological polar surface area (TPSA) is 28.2 Å². The summed E-state index contributed by atoms with van der Waals surface area (Å²) in [5.41, 5.74) is 0. The maximum Gasteiger partial charge on any atom is 0.136 e. The molecule has 0 bridgehead atoms. The molecular formula is C15H20BrN3. The summed E-state index contributed by atoms with van der Waals surface area (Å²) in [4.78, 5) is 6.89. The lowest BCUT2D eigenvalue weighted by Gasteiger charge is -2.23. The van der Waals surface area contributed by atoms with Crippen LogP contribution in [0.2, 0.25) is 0 Å². The lowest BCUT2D eigenvalue weighted by atomic mass is 10.1. The third kappa shape index (κ3) is 3.25. The number of likely N-dealkylation sites (N-methyl/N-ethyl adjacent to an activating group) is 2. The van der Waals surface area contributed by atoms with E-state index in [1.165, 1.54) is 10.8 Å². The molecule has 1 heterocycles. The fraction of sp³-hybridized carbons (Fsp3) is 0.400. The van der Waals surface area contributed by atoms with Crippen molar-refractivity contribution < 1.29 is 0 Å². The summed E-state index contributed by atoms with van der Waals surface area (Å²) in [6.45, 7) is 8.23. The zero-order valence-corrected chi connectivity index (χ0v) is 13.1. The van der Waals surface area contributed by atoms with Gasteiger partial charge in [0.15, 0.2) is 0 Å². The molecule has 19 heavy (non-hydrogen) atoms. The Hall–Kier alpha value is -1.13. The molecule has 2 rings (SSSR count). The number of rotatable bonds is 6. The van der Waals surface area contributed by atoms with Gasteiger partial charge in [-0.2, -0.15) is 0 Å². The number of aromatic nitrogens is 1. The van der Waals surface area contributed by atoms with Gasteiger partial charge in [0, 0.05) is 41.1 Å². The fourth-order valence-corrected chi connectivity index (χ4v) is 2.71. The summed E-state index contributed by atoms with van der Waals surface area (Å²) in [7, 11) is 0. The monoisotopic (exact) mass is 321 g/mol. The molecule has 0 atom stereocenters. The number of anilines is 1. The quantitative estimate of drug-likeness (QED) is 0.826. The summed E-state index contributed by atoms with van der Waals surface area (Å²) in [6.07, 6.45) is 1.89. The standard InChI is InChI=1S/C15H20BrN3/c1-3-17-10-11-19(4-2)15-13-6-5-7-14(16)12(13)8-9-18-15/h5-9,17H,3-4,10-11H2,1-2H3. The number of hydrogen-bond donors (Lipinski definition) is 1. The Bertz CT molecular complexity index is 542. The summed E-state index contributed by atoms with van der Waals surface area (Å²) in [6, 6.07) is 8.33. The fourth-order valence-electron chi connectivity index (χ4n) is 2.21. The molecule has 0 aliphatic carbocycles. The van der Waals surface area contributed by atoms with Gasteiger partial charge in [0.05, 0.1) is 0 Å². The van der Waals surface area contributed by atoms with E-state index in [-0.39, 0.29) is 0 Å². The molecule has 0 saturated carbocycles. The van der Waals surface area contributed by atoms with Gasteiger partial charge in [0.1, 0.15) is 5.82 Å². The van der Waals surface area contributed by atoms with Crippen molar-refractivity contribution in [1.82, 2.24) is 10.3 Å². The van der Waals surface area contributed by atoms with Gasteiger partial charge < -0.3 is 10.2 Å². The molecular weight excluding hydrogens is 302 g/mol. The van der Waals surface area contributed by atoms with Crippen LogP contribution in [0, 0.1) is 0 Å². The number of pyridine rings is 1. The number of hydrogen-bond acceptors (Lipinski definition) is 3. The highest BCUT2D eigenvalue weighted by Crippen LogP contribution is 2.29. The van der Waals surface area contributed by atoms with Crippen molar-refractivity contribution >= 4 is 32.5 Å². The molecule has 0 spiro atoms. The lowest BCUT2D eigenvalue weighted by molar-refractivity contribution is 0.685. The van der Waals surface area contributed by atoms with Gasteiger partial charge in [0.2, 0.25) is 0 Å². The first-order valence-corrected chi connectivity index (χ1v) is 7.56. The van der Waals surface area contributed by atoms with Gasteiger partial charge in [-0.1, -0.05) is 35.0 Å². The van der Waals surface area contributed by atoms with Crippen molar-refractivity contribution in [2.45, 2.75) is 13.8 Å². The molecule has 0 aliphatic rings. The Balaban J connectivity index is 2.34. The summed E-state index contributed by atoms with van der Waals surface area (Å²) in [5.74, 6) is 1.07. The van der Waals surface area contributed by atoms with Crippen molar-refractivity contribution in [2.75, 3.05) is 31.1 Å². The third-order valence-electron chi connectivity index (χ3n) is 3.22. The van der Waals surface area contributed by atoms with Crippen molar-refractivity contribution in [3.05, 3.63) is 34.9 Å². The van der Waals surface area contributed by atoms with Crippen LogP contribution in [-0.4, -0.2) is 31.2 Å². The largest absolute Gasteiger partial charge is 0.355 e. The number of nitrogens with one attached hydrogen (secondary N) is 1. The van der Waals surface area contributed by atoms with Crippen molar-refractivity contribution in [3.63, 3.8) is 0 Å². The van der Waals surface area contributed by atoms with Crippen LogP contribution in [0.25, 0.3) is 10.8 Å².